The van der Waals surface area contributed by atoms with Gasteiger partial charge in [-0.3, -0.25) is 4.79 Å². The number of fused-ring (bicyclic) bond motifs is 1. The first kappa shape index (κ1) is 9.14. The average molecular weight is 200 g/mol. The van der Waals surface area contributed by atoms with Crippen LogP contribution in [0.5, 0.6) is 0 Å². The van der Waals surface area contributed by atoms with Crippen LogP contribution in [0.15, 0.2) is 24.3 Å². The molecule has 0 heterocycles. The second-order valence-electron chi connectivity index (χ2n) is 5.13. The highest BCUT2D eigenvalue weighted by atomic mass is 16.1. The fourth-order valence-electron chi connectivity index (χ4n) is 3.03. The number of Topliss-reactive ketones (excluding diaryl/α,β-unsaturated/α-hetero) is 1. The van der Waals surface area contributed by atoms with E-state index >= 15 is 0 Å². The zero-order valence-corrected chi connectivity index (χ0v) is 9.12. The van der Waals surface area contributed by atoms with E-state index in [1.165, 1.54) is 11.1 Å². The number of benzene rings is 1. The predicted molar refractivity (Wildman–Crippen MR) is 59.7 cm³/mol. The normalized spacial score (nSPS) is 33.7. The van der Waals surface area contributed by atoms with Crippen molar-refractivity contribution in [2.24, 2.45) is 11.3 Å². The summed E-state index contributed by atoms with van der Waals surface area (Å²) in [5.74, 6) is 1.11. The van der Waals surface area contributed by atoms with Crippen molar-refractivity contribution < 1.29 is 4.79 Å². The molecule has 1 spiro atoms. The predicted octanol–water partition coefficient (Wildman–Crippen LogP) is 2.77. The molecule has 78 valence electrons. The van der Waals surface area contributed by atoms with Crippen molar-refractivity contribution in [2.45, 2.75) is 32.6 Å². The lowest BCUT2D eigenvalue weighted by atomic mass is 9.91. The first-order valence-electron chi connectivity index (χ1n) is 5.82. The molecule has 0 N–H and O–H groups in total. The minimum Gasteiger partial charge on any atom is -0.299 e. The van der Waals surface area contributed by atoms with Gasteiger partial charge in [-0.25, -0.2) is 0 Å². The van der Waals surface area contributed by atoms with E-state index in [1.54, 1.807) is 0 Å². The van der Waals surface area contributed by atoms with Crippen LogP contribution in [0, 0.1) is 11.3 Å². The Balaban J connectivity index is 2.02. The number of carbonyl (C=O) groups is 1. The summed E-state index contributed by atoms with van der Waals surface area (Å²) >= 11 is 0. The molecule has 0 bridgehead atoms. The number of ketones is 1. The molecule has 2 aliphatic carbocycles. The summed E-state index contributed by atoms with van der Waals surface area (Å²) in [5.41, 5.74) is 2.83. The Morgan fingerprint density at radius 3 is 2.53 bits per heavy atom. The van der Waals surface area contributed by atoms with E-state index in [9.17, 15) is 4.79 Å². The van der Waals surface area contributed by atoms with Gasteiger partial charge in [0.15, 0.2) is 0 Å². The van der Waals surface area contributed by atoms with E-state index in [2.05, 4.69) is 31.2 Å². The highest BCUT2D eigenvalue weighted by molar-refractivity contribution is 5.89. The van der Waals surface area contributed by atoms with Gasteiger partial charge in [-0.1, -0.05) is 31.2 Å². The monoisotopic (exact) mass is 200 g/mol. The Morgan fingerprint density at radius 1 is 1.20 bits per heavy atom. The maximum atomic E-state index is 12.1. The Bertz CT molecular complexity index is 421. The molecule has 1 aromatic carbocycles. The fraction of sp³-hybridized carbons (Fsp3) is 0.500. The van der Waals surface area contributed by atoms with Crippen molar-refractivity contribution >= 4 is 5.78 Å². The van der Waals surface area contributed by atoms with Crippen LogP contribution in [0.2, 0.25) is 0 Å². The molecule has 0 radical (unpaired) electrons. The summed E-state index contributed by atoms with van der Waals surface area (Å²) < 4.78 is 0. The number of carbonyl (C=O) groups excluding carboxylic acids is 1. The number of rotatable bonds is 0. The quantitative estimate of drug-likeness (QED) is 0.629. The highest BCUT2D eigenvalue weighted by Gasteiger charge is 2.56. The van der Waals surface area contributed by atoms with Crippen LogP contribution >= 0.6 is 0 Å². The molecule has 0 aromatic heterocycles. The molecule has 0 unspecified atom stereocenters. The second kappa shape index (κ2) is 2.94. The first-order valence-corrected chi connectivity index (χ1v) is 5.82. The Morgan fingerprint density at radius 2 is 1.87 bits per heavy atom. The number of hydrogen-bond acceptors (Lipinski definition) is 1. The van der Waals surface area contributed by atoms with Crippen molar-refractivity contribution in [1.82, 2.24) is 0 Å². The van der Waals surface area contributed by atoms with E-state index in [-0.39, 0.29) is 5.41 Å². The SMILES string of the molecule is C[C@H]1C[C@]12Cc1ccccc1CCC2=O. The molecular formula is C14H16O. The molecule has 1 fully saturated rings. The second-order valence-corrected chi connectivity index (χ2v) is 5.13. The summed E-state index contributed by atoms with van der Waals surface area (Å²) in [7, 11) is 0. The van der Waals surface area contributed by atoms with Gasteiger partial charge in [-0.15, -0.1) is 0 Å². The minimum absolute atomic E-state index is 0.0343. The van der Waals surface area contributed by atoms with Crippen LogP contribution in [-0.2, 0) is 17.6 Å². The van der Waals surface area contributed by atoms with Crippen molar-refractivity contribution in [3.05, 3.63) is 35.4 Å². The molecule has 3 rings (SSSR count). The number of aryl methyl sites for hydroxylation is 1. The van der Waals surface area contributed by atoms with Crippen LogP contribution in [0.1, 0.15) is 30.9 Å². The standard InChI is InChI=1S/C14H16O/c1-10-8-14(10)9-12-5-3-2-4-11(12)6-7-13(14)15/h2-5,10H,6-9H2,1H3/t10-,14-/m0/s1. The van der Waals surface area contributed by atoms with Gasteiger partial charge in [0.1, 0.15) is 5.78 Å². The van der Waals surface area contributed by atoms with E-state index < -0.39 is 0 Å². The molecule has 1 saturated carbocycles. The Labute approximate surface area is 90.5 Å². The molecule has 15 heavy (non-hydrogen) atoms. The van der Waals surface area contributed by atoms with Gasteiger partial charge in [0.2, 0.25) is 0 Å². The molecule has 2 aliphatic rings. The molecule has 1 nitrogen and oxygen atoms in total. The largest absolute Gasteiger partial charge is 0.299 e. The van der Waals surface area contributed by atoms with Crippen LogP contribution in [0.25, 0.3) is 0 Å². The third kappa shape index (κ3) is 1.26. The molecule has 0 amide bonds. The Hall–Kier alpha value is -1.11. The summed E-state index contributed by atoms with van der Waals surface area (Å²) in [5, 5.41) is 0. The van der Waals surface area contributed by atoms with Crippen molar-refractivity contribution in [2.75, 3.05) is 0 Å². The summed E-state index contributed by atoms with van der Waals surface area (Å²) in [4.78, 5) is 12.1. The van der Waals surface area contributed by atoms with Gasteiger partial charge in [0.05, 0.1) is 0 Å². The third-order valence-electron chi connectivity index (χ3n) is 4.25. The molecule has 1 aromatic rings. The van der Waals surface area contributed by atoms with E-state index in [0.717, 1.165) is 25.7 Å². The molecule has 2 atom stereocenters. The van der Waals surface area contributed by atoms with Crippen LogP contribution in [0.4, 0.5) is 0 Å². The summed E-state index contributed by atoms with van der Waals surface area (Å²) in [6.07, 6.45) is 3.80. The molecular weight excluding hydrogens is 184 g/mol. The molecule has 1 heteroatoms. The maximum Gasteiger partial charge on any atom is 0.139 e. The van der Waals surface area contributed by atoms with Crippen LogP contribution in [0.3, 0.4) is 0 Å². The Kier molecular flexibility index (Phi) is 1.79. The van der Waals surface area contributed by atoms with E-state index in [1.807, 2.05) is 0 Å². The maximum absolute atomic E-state index is 12.1. The van der Waals surface area contributed by atoms with Gasteiger partial charge < -0.3 is 0 Å². The van der Waals surface area contributed by atoms with Gasteiger partial charge in [0, 0.05) is 11.8 Å². The lowest BCUT2D eigenvalue weighted by molar-refractivity contribution is -0.124. The smallest absolute Gasteiger partial charge is 0.139 e. The zero-order chi connectivity index (χ0) is 10.5. The van der Waals surface area contributed by atoms with Gasteiger partial charge in [-0.05, 0) is 36.3 Å². The zero-order valence-electron chi connectivity index (χ0n) is 9.12. The summed E-state index contributed by atoms with van der Waals surface area (Å²) in [6.45, 7) is 2.21. The van der Waals surface area contributed by atoms with Crippen molar-refractivity contribution in [3.63, 3.8) is 0 Å². The van der Waals surface area contributed by atoms with Crippen molar-refractivity contribution in [3.8, 4) is 0 Å². The molecule has 0 aliphatic heterocycles. The fourth-order valence-corrected chi connectivity index (χ4v) is 3.03. The average Bonchev–Trinajstić information content (AvgIpc) is 2.91. The number of hydrogen-bond donors (Lipinski definition) is 0. The van der Waals surface area contributed by atoms with Gasteiger partial charge in [0.25, 0.3) is 0 Å². The lowest BCUT2D eigenvalue weighted by Crippen LogP contribution is -2.18. The molecule has 0 saturated heterocycles. The lowest BCUT2D eigenvalue weighted by Gasteiger charge is -2.12. The highest BCUT2D eigenvalue weighted by Crippen LogP contribution is 2.57. The van der Waals surface area contributed by atoms with Crippen molar-refractivity contribution in [1.29, 1.82) is 0 Å². The first-order chi connectivity index (χ1) is 7.22. The third-order valence-corrected chi connectivity index (χ3v) is 4.25. The van der Waals surface area contributed by atoms with E-state index in [4.69, 9.17) is 0 Å². The minimum atomic E-state index is 0.0343. The van der Waals surface area contributed by atoms with Gasteiger partial charge >= 0.3 is 0 Å². The topological polar surface area (TPSA) is 17.1 Å². The summed E-state index contributed by atoms with van der Waals surface area (Å²) in [6, 6.07) is 8.54. The van der Waals surface area contributed by atoms with Crippen LogP contribution < -0.4 is 0 Å². The van der Waals surface area contributed by atoms with Crippen LogP contribution in [-0.4, -0.2) is 5.78 Å². The van der Waals surface area contributed by atoms with E-state index in [0.29, 0.717) is 11.7 Å². The van der Waals surface area contributed by atoms with Gasteiger partial charge in [-0.2, -0.15) is 0 Å².